The van der Waals surface area contributed by atoms with Gasteiger partial charge in [0.2, 0.25) is 0 Å². The van der Waals surface area contributed by atoms with Crippen molar-refractivity contribution >= 4 is 6.08 Å². The second-order valence-corrected chi connectivity index (χ2v) is 5.11. The summed E-state index contributed by atoms with van der Waals surface area (Å²) >= 11 is 0. The summed E-state index contributed by atoms with van der Waals surface area (Å²) in [6, 6.07) is 5.55. The Labute approximate surface area is 106 Å². The molecular formula is C15H17F3. The summed E-state index contributed by atoms with van der Waals surface area (Å²) in [5.74, 6) is 0.739. The molecule has 18 heavy (non-hydrogen) atoms. The maximum absolute atomic E-state index is 12.6. The lowest BCUT2D eigenvalue weighted by Gasteiger charge is -2.20. The van der Waals surface area contributed by atoms with E-state index in [-0.39, 0.29) is 0 Å². The number of allylic oxidation sites excluding steroid dienone is 1. The van der Waals surface area contributed by atoms with E-state index >= 15 is 0 Å². The van der Waals surface area contributed by atoms with E-state index in [1.165, 1.54) is 17.7 Å². The monoisotopic (exact) mass is 254 g/mol. The van der Waals surface area contributed by atoms with Gasteiger partial charge in [-0.3, -0.25) is 0 Å². The van der Waals surface area contributed by atoms with Gasteiger partial charge in [0.05, 0.1) is 5.56 Å². The van der Waals surface area contributed by atoms with E-state index in [9.17, 15) is 13.2 Å². The van der Waals surface area contributed by atoms with Crippen LogP contribution >= 0.6 is 0 Å². The number of alkyl halides is 3. The fourth-order valence-corrected chi connectivity index (χ4v) is 2.32. The lowest BCUT2D eigenvalue weighted by atomic mass is 9.86. The Morgan fingerprint density at radius 3 is 2.44 bits per heavy atom. The molecule has 0 aliphatic heterocycles. The first kappa shape index (κ1) is 13.2. The first-order chi connectivity index (χ1) is 8.45. The average molecular weight is 254 g/mol. The SMILES string of the molecule is CC1CCC(=Cc2cccc(C(F)(F)F)c2)CC1. The van der Waals surface area contributed by atoms with Gasteiger partial charge in [0.15, 0.2) is 0 Å². The second kappa shape index (κ2) is 5.17. The number of benzene rings is 1. The van der Waals surface area contributed by atoms with Crippen LogP contribution in [0, 0.1) is 5.92 Å². The van der Waals surface area contributed by atoms with E-state index in [4.69, 9.17) is 0 Å². The first-order valence-corrected chi connectivity index (χ1v) is 6.32. The van der Waals surface area contributed by atoms with Gasteiger partial charge in [0, 0.05) is 0 Å². The Kier molecular flexibility index (Phi) is 3.79. The summed E-state index contributed by atoms with van der Waals surface area (Å²) < 4.78 is 37.7. The molecular weight excluding hydrogens is 237 g/mol. The predicted molar refractivity (Wildman–Crippen MR) is 67.1 cm³/mol. The average Bonchev–Trinajstić information content (AvgIpc) is 2.31. The Bertz CT molecular complexity index is 433. The minimum atomic E-state index is -4.25. The molecule has 0 nitrogen and oxygen atoms in total. The summed E-state index contributed by atoms with van der Waals surface area (Å²) in [7, 11) is 0. The Balaban J connectivity index is 2.17. The molecule has 1 saturated carbocycles. The van der Waals surface area contributed by atoms with Crippen molar-refractivity contribution in [2.24, 2.45) is 5.92 Å². The third-order valence-electron chi connectivity index (χ3n) is 3.50. The van der Waals surface area contributed by atoms with Crippen LogP contribution in [0.15, 0.2) is 29.8 Å². The van der Waals surface area contributed by atoms with Crippen molar-refractivity contribution in [2.75, 3.05) is 0 Å². The zero-order valence-electron chi connectivity index (χ0n) is 10.4. The third kappa shape index (κ3) is 3.37. The first-order valence-electron chi connectivity index (χ1n) is 6.32. The highest BCUT2D eigenvalue weighted by atomic mass is 19.4. The molecule has 0 saturated heterocycles. The molecule has 3 heteroatoms. The van der Waals surface area contributed by atoms with Gasteiger partial charge >= 0.3 is 6.18 Å². The molecule has 98 valence electrons. The Hall–Kier alpha value is -1.25. The number of hydrogen-bond acceptors (Lipinski definition) is 0. The predicted octanol–water partition coefficient (Wildman–Crippen LogP) is 5.30. The van der Waals surface area contributed by atoms with Gasteiger partial charge in [-0.2, -0.15) is 13.2 Å². The van der Waals surface area contributed by atoms with Crippen LogP contribution in [0.3, 0.4) is 0 Å². The smallest absolute Gasteiger partial charge is 0.166 e. The maximum Gasteiger partial charge on any atom is 0.416 e. The molecule has 1 aromatic rings. The minimum Gasteiger partial charge on any atom is -0.166 e. The van der Waals surface area contributed by atoms with Crippen LogP contribution in [0.25, 0.3) is 6.08 Å². The van der Waals surface area contributed by atoms with E-state index in [0.717, 1.165) is 37.7 Å². The summed E-state index contributed by atoms with van der Waals surface area (Å²) in [4.78, 5) is 0. The summed E-state index contributed by atoms with van der Waals surface area (Å²) in [6.45, 7) is 2.22. The zero-order chi connectivity index (χ0) is 13.2. The topological polar surface area (TPSA) is 0 Å². The molecule has 1 aromatic carbocycles. The summed E-state index contributed by atoms with van der Waals surface area (Å²) in [5, 5.41) is 0. The standard InChI is InChI=1S/C15H17F3/c1-11-5-7-12(8-6-11)9-13-3-2-4-14(10-13)15(16,17)18/h2-4,9-11H,5-8H2,1H3. The van der Waals surface area contributed by atoms with Crippen LogP contribution in [-0.2, 0) is 6.18 Å². The normalized spacial score (nSPS) is 20.9. The van der Waals surface area contributed by atoms with Crippen LogP contribution < -0.4 is 0 Å². The Morgan fingerprint density at radius 2 is 1.83 bits per heavy atom. The highest BCUT2D eigenvalue weighted by Crippen LogP contribution is 2.32. The van der Waals surface area contributed by atoms with E-state index in [2.05, 4.69) is 6.92 Å². The molecule has 1 aliphatic rings. The van der Waals surface area contributed by atoms with Crippen LogP contribution in [0.4, 0.5) is 13.2 Å². The van der Waals surface area contributed by atoms with Gasteiger partial charge in [-0.05, 0) is 49.3 Å². The van der Waals surface area contributed by atoms with Gasteiger partial charge in [-0.25, -0.2) is 0 Å². The zero-order valence-corrected chi connectivity index (χ0v) is 10.4. The molecule has 1 fully saturated rings. The molecule has 0 amide bonds. The van der Waals surface area contributed by atoms with E-state index in [0.29, 0.717) is 5.56 Å². The van der Waals surface area contributed by atoms with E-state index in [1.807, 2.05) is 6.08 Å². The van der Waals surface area contributed by atoms with E-state index in [1.54, 1.807) is 6.07 Å². The summed E-state index contributed by atoms with van der Waals surface area (Å²) in [5.41, 5.74) is 1.36. The van der Waals surface area contributed by atoms with Crippen molar-refractivity contribution in [3.63, 3.8) is 0 Å². The van der Waals surface area contributed by atoms with Crippen LogP contribution in [0.2, 0.25) is 0 Å². The van der Waals surface area contributed by atoms with Crippen molar-refractivity contribution in [1.29, 1.82) is 0 Å². The van der Waals surface area contributed by atoms with Crippen LogP contribution in [0.1, 0.15) is 43.7 Å². The molecule has 2 rings (SSSR count). The molecule has 1 aliphatic carbocycles. The van der Waals surface area contributed by atoms with E-state index < -0.39 is 11.7 Å². The highest BCUT2D eigenvalue weighted by Gasteiger charge is 2.30. The van der Waals surface area contributed by atoms with Crippen molar-refractivity contribution in [1.82, 2.24) is 0 Å². The molecule has 0 heterocycles. The summed E-state index contributed by atoms with van der Waals surface area (Å²) in [6.07, 6.45) is 1.97. The minimum absolute atomic E-state index is 0.568. The molecule has 0 N–H and O–H groups in total. The molecule has 0 radical (unpaired) electrons. The fourth-order valence-electron chi connectivity index (χ4n) is 2.32. The van der Waals surface area contributed by atoms with Gasteiger partial charge in [-0.1, -0.05) is 30.7 Å². The van der Waals surface area contributed by atoms with Crippen molar-refractivity contribution in [2.45, 2.75) is 38.8 Å². The lowest BCUT2D eigenvalue weighted by Crippen LogP contribution is -2.05. The maximum atomic E-state index is 12.6. The quantitative estimate of drug-likeness (QED) is 0.638. The fraction of sp³-hybridized carbons (Fsp3) is 0.467. The number of hydrogen-bond donors (Lipinski definition) is 0. The lowest BCUT2D eigenvalue weighted by molar-refractivity contribution is -0.137. The number of rotatable bonds is 1. The highest BCUT2D eigenvalue weighted by molar-refractivity contribution is 5.54. The van der Waals surface area contributed by atoms with Crippen molar-refractivity contribution in [3.05, 3.63) is 41.0 Å². The molecule has 0 bridgehead atoms. The van der Waals surface area contributed by atoms with Crippen molar-refractivity contribution < 1.29 is 13.2 Å². The van der Waals surface area contributed by atoms with Crippen molar-refractivity contribution in [3.8, 4) is 0 Å². The van der Waals surface area contributed by atoms with Gasteiger partial charge in [0.25, 0.3) is 0 Å². The van der Waals surface area contributed by atoms with Gasteiger partial charge < -0.3 is 0 Å². The van der Waals surface area contributed by atoms with Crippen LogP contribution in [0.5, 0.6) is 0 Å². The number of halogens is 3. The Morgan fingerprint density at radius 1 is 1.17 bits per heavy atom. The molecule has 0 aromatic heterocycles. The molecule has 0 atom stereocenters. The van der Waals surface area contributed by atoms with Gasteiger partial charge in [-0.15, -0.1) is 0 Å². The van der Waals surface area contributed by atoms with Crippen LogP contribution in [-0.4, -0.2) is 0 Å². The largest absolute Gasteiger partial charge is 0.416 e. The van der Waals surface area contributed by atoms with Gasteiger partial charge in [0.1, 0.15) is 0 Å². The molecule has 0 spiro atoms. The molecule has 0 unspecified atom stereocenters. The third-order valence-corrected chi connectivity index (χ3v) is 3.50. The second-order valence-electron chi connectivity index (χ2n) is 5.11.